The first kappa shape index (κ1) is 23.6. The third-order valence-electron chi connectivity index (χ3n) is 4.05. The lowest BCUT2D eigenvalue weighted by Gasteiger charge is -2.20. The van der Waals surface area contributed by atoms with Crippen molar-refractivity contribution in [2.24, 2.45) is 5.92 Å². The Hall–Kier alpha value is -2.65. The molecule has 0 aromatic heterocycles. The zero-order chi connectivity index (χ0) is 22.5. The van der Waals surface area contributed by atoms with Crippen molar-refractivity contribution in [3.8, 4) is 0 Å². The van der Waals surface area contributed by atoms with E-state index in [-0.39, 0.29) is 27.1 Å². The highest BCUT2D eigenvalue weighted by molar-refractivity contribution is 7.92. The van der Waals surface area contributed by atoms with E-state index < -0.39 is 34.3 Å². The van der Waals surface area contributed by atoms with Gasteiger partial charge < -0.3 is 10.1 Å². The van der Waals surface area contributed by atoms with Crippen molar-refractivity contribution in [2.45, 2.75) is 18.7 Å². The van der Waals surface area contributed by atoms with E-state index in [9.17, 15) is 22.4 Å². The highest BCUT2D eigenvalue weighted by Gasteiger charge is 2.24. The number of nitrogens with zero attached hydrogens (tertiary/aromatic N) is 1. The van der Waals surface area contributed by atoms with E-state index in [4.69, 9.17) is 16.3 Å². The summed E-state index contributed by atoms with van der Waals surface area (Å²) in [5, 5.41) is 2.58. The second-order valence-electron chi connectivity index (χ2n) is 6.86. The fourth-order valence-corrected chi connectivity index (χ4v) is 3.76. The molecule has 162 valence electrons. The molecule has 0 fully saturated rings. The molecule has 7 nitrogen and oxygen atoms in total. The molecule has 0 unspecified atom stereocenters. The summed E-state index contributed by atoms with van der Waals surface area (Å²) < 4.78 is 44.8. The van der Waals surface area contributed by atoms with Crippen LogP contribution in [0.1, 0.15) is 24.2 Å². The van der Waals surface area contributed by atoms with Crippen LogP contribution in [0, 0.1) is 11.7 Å². The van der Waals surface area contributed by atoms with Crippen LogP contribution in [0.4, 0.5) is 10.1 Å². The van der Waals surface area contributed by atoms with Gasteiger partial charge in [0.1, 0.15) is 5.82 Å². The number of hydrogen-bond acceptors (Lipinski definition) is 5. The molecule has 0 heterocycles. The lowest BCUT2D eigenvalue weighted by Crippen LogP contribution is -2.31. The van der Waals surface area contributed by atoms with Crippen LogP contribution < -0.4 is 9.62 Å². The lowest BCUT2D eigenvalue weighted by atomic mass is 10.2. The lowest BCUT2D eigenvalue weighted by molar-refractivity contribution is -0.124. The summed E-state index contributed by atoms with van der Waals surface area (Å²) in [7, 11) is -2.76. The van der Waals surface area contributed by atoms with Gasteiger partial charge >= 0.3 is 5.97 Å². The average molecular weight is 457 g/mol. The highest BCUT2D eigenvalue weighted by atomic mass is 35.5. The quantitative estimate of drug-likeness (QED) is 0.615. The van der Waals surface area contributed by atoms with Crippen LogP contribution in [0.5, 0.6) is 0 Å². The van der Waals surface area contributed by atoms with Crippen molar-refractivity contribution >= 4 is 39.2 Å². The van der Waals surface area contributed by atoms with Gasteiger partial charge in [-0.1, -0.05) is 25.4 Å². The molecule has 0 saturated heterocycles. The van der Waals surface area contributed by atoms with Crippen molar-refractivity contribution in [3.63, 3.8) is 0 Å². The molecule has 1 amide bonds. The Morgan fingerprint density at radius 3 is 2.40 bits per heavy atom. The van der Waals surface area contributed by atoms with Gasteiger partial charge in [-0.25, -0.2) is 17.6 Å². The summed E-state index contributed by atoms with van der Waals surface area (Å²) in [5.74, 6) is -1.67. The van der Waals surface area contributed by atoms with Crippen LogP contribution in [0.25, 0.3) is 0 Å². The summed E-state index contributed by atoms with van der Waals surface area (Å²) in [6.45, 7) is 3.75. The first-order valence-electron chi connectivity index (χ1n) is 9.00. The molecule has 0 saturated carbocycles. The number of benzene rings is 2. The molecular weight excluding hydrogens is 435 g/mol. The Kier molecular flexibility index (Phi) is 7.80. The van der Waals surface area contributed by atoms with Gasteiger partial charge in [-0.2, -0.15) is 0 Å². The second-order valence-corrected chi connectivity index (χ2v) is 9.24. The number of anilines is 1. The molecule has 10 heteroatoms. The van der Waals surface area contributed by atoms with Crippen LogP contribution in [-0.4, -0.2) is 40.5 Å². The molecule has 0 atom stereocenters. The van der Waals surface area contributed by atoms with Crippen molar-refractivity contribution < 1.29 is 27.1 Å². The van der Waals surface area contributed by atoms with Gasteiger partial charge in [0.05, 0.1) is 21.2 Å². The smallest absolute Gasteiger partial charge is 0.340 e. The average Bonchev–Trinajstić information content (AvgIpc) is 2.70. The Balaban J connectivity index is 2.20. The Bertz CT molecular complexity index is 1030. The van der Waals surface area contributed by atoms with Crippen molar-refractivity contribution in [1.82, 2.24) is 5.32 Å². The number of carbonyl (C=O) groups is 2. The number of amides is 1. The predicted molar refractivity (Wildman–Crippen MR) is 112 cm³/mol. The maximum Gasteiger partial charge on any atom is 0.340 e. The Morgan fingerprint density at radius 1 is 1.17 bits per heavy atom. The predicted octanol–water partition coefficient (Wildman–Crippen LogP) is 3.23. The van der Waals surface area contributed by atoms with Gasteiger partial charge in [0.2, 0.25) is 0 Å². The standard InChI is InChI=1S/C20H22ClFN2O5S/c1-13(2)11-23-19(25)12-29-20(26)17-10-16(8-9-18(17)21)30(27,28)24(3)15-6-4-14(22)5-7-15/h4-10,13H,11-12H2,1-3H3,(H,23,25). The van der Waals surface area contributed by atoms with E-state index in [1.54, 1.807) is 0 Å². The molecule has 0 bridgehead atoms. The highest BCUT2D eigenvalue weighted by Crippen LogP contribution is 2.26. The summed E-state index contributed by atoms with van der Waals surface area (Å²) in [6.07, 6.45) is 0. The van der Waals surface area contributed by atoms with Gasteiger partial charge in [-0.15, -0.1) is 0 Å². The van der Waals surface area contributed by atoms with Crippen molar-refractivity contribution in [1.29, 1.82) is 0 Å². The minimum Gasteiger partial charge on any atom is -0.452 e. The monoisotopic (exact) mass is 456 g/mol. The number of rotatable bonds is 8. The number of hydrogen-bond donors (Lipinski definition) is 1. The molecule has 0 aliphatic carbocycles. The summed E-state index contributed by atoms with van der Waals surface area (Å²) >= 11 is 6.02. The van der Waals surface area contributed by atoms with Gasteiger partial charge in [0.25, 0.3) is 15.9 Å². The summed E-state index contributed by atoms with van der Waals surface area (Å²) in [5.41, 5.74) is 0.0409. The number of halogens is 2. The molecule has 0 aliphatic rings. The fraction of sp³-hybridized carbons (Fsp3) is 0.300. The van der Waals surface area contributed by atoms with Gasteiger partial charge in [0, 0.05) is 13.6 Å². The molecule has 0 aliphatic heterocycles. The maximum absolute atomic E-state index is 13.1. The molecule has 1 N–H and O–H groups in total. The van der Waals surface area contributed by atoms with E-state index in [2.05, 4.69) is 5.32 Å². The van der Waals surface area contributed by atoms with Crippen LogP contribution in [-0.2, 0) is 19.6 Å². The molecule has 0 spiro atoms. The maximum atomic E-state index is 13.1. The van der Waals surface area contributed by atoms with Crippen LogP contribution in [0.2, 0.25) is 5.02 Å². The van der Waals surface area contributed by atoms with Gasteiger partial charge in [-0.05, 0) is 48.4 Å². The third-order valence-corrected chi connectivity index (χ3v) is 6.16. The molecular formula is C20H22ClFN2O5S. The number of esters is 1. The molecule has 30 heavy (non-hydrogen) atoms. The van der Waals surface area contributed by atoms with E-state index in [0.29, 0.717) is 6.54 Å². The molecule has 0 radical (unpaired) electrons. The summed E-state index contributed by atoms with van der Waals surface area (Å²) in [4.78, 5) is 23.8. The molecule has 2 aromatic rings. The SMILES string of the molecule is CC(C)CNC(=O)COC(=O)c1cc(S(=O)(=O)N(C)c2ccc(F)cc2)ccc1Cl. The van der Waals surface area contributed by atoms with E-state index in [0.717, 1.165) is 22.5 Å². The van der Waals surface area contributed by atoms with Crippen LogP contribution in [0.15, 0.2) is 47.4 Å². The van der Waals surface area contributed by atoms with E-state index >= 15 is 0 Å². The number of ether oxygens (including phenoxy) is 1. The minimum atomic E-state index is -4.06. The molecule has 2 aromatic carbocycles. The van der Waals surface area contributed by atoms with E-state index in [1.807, 2.05) is 13.8 Å². The Labute approximate surface area is 179 Å². The first-order chi connectivity index (χ1) is 14.0. The zero-order valence-electron chi connectivity index (χ0n) is 16.7. The minimum absolute atomic E-state index is 0.0222. The van der Waals surface area contributed by atoms with Gasteiger partial charge in [0.15, 0.2) is 6.61 Å². The van der Waals surface area contributed by atoms with Crippen molar-refractivity contribution in [3.05, 3.63) is 58.9 Å². The molecule has 2 rings (SSSR count). The van der Waals surface area contributed by atoms with Crippen LogP contribution in [0.3, 0.4) is 0 Å². The summed E-state index contributed by atoms with van der Waals surface area (Å²) in [6, 6.07) is 8.46. The third kappa shape index (κ3) is 5.93. The Morgan fingerprint density at radius 2 is 1.80 bits per heavy atom. The fourth-order valence-electron chi connectivity index (χ4n) is 2.35. The zero-order valence-corrected chi connectivity index (χ0v) is 18.3. The topological polar surface area (TPSA) is 92.8 Å². The number of nitrogens with one attached hydrogen (secondary N) is 1. The number of sulfonamides is 1. The van der Waals surface area contributed by atoms with Gasteiger partial charge in [-0.3, -0.25) is 9.10 Å². The van der Waals surface area contributed by atoms with Crippen LogP contribution >= 0.6 is 11.6 Å². The normalized spacial score (nSPS) is 11.3. The largest absolute Gasteiger partial charge is 0.452 e. The first-order valence-corrected chi connectivity index (χ1v) is 10.8. The van der Waals surface area contributed by atoms with Crippen molar-refractivity contribution in [2.75, 3.05) is 24.5 Å². The second kappa shape index (κ2) is 9.90. The van der Waals surface area contributed by atoms with E-state index in [1.165, 1.54) is 31.3 Å². The number of carbonyl (C=O) groups excluding carboxylic acids is 2.